The molecule has 8 heteroatoms. The predicted octanol–water partition coefficient (Wildman–Crippen LogP) is 5.41. The van der Waals surface area contributed by atoms with Crippen molar-refractivity contribution in [2.24, 2.45) is 5.92 Å². The first-order valence-corrected chi connectivity index (χ1v) is 10.00. The second-order valence-corrected chi connectivity index (χ2v) is 7.35. The molecule has 6 nitrogen and oxygen atoms in total. The fourth-order valence-corrected chi connectivity index (χ4v) is 3.64. The van der Waals surface area contributed by atoms with E-state index >= 15 is 0 Å². The van der Waals surface area contributed by atoms with Crippen molar-refractivity contribution in [2.75, 3.05) is 25.5 Å². The molecule has 1 saturated carbocycles. The van der Waals surface area contributed by atoms with Crippen LogP contribution in [0.5, 0.6) is 5.75 Å². The number of halogens is 2. The van der Waals surface area contributed by atoms with Crippen molar-refractivity contribution in [1.29, 1.82) is 5.26 Å². The van der Waals surface area contributed by atoms with Crippen molar-refractivity contribution in [3.63, 3.8) is 0 Å². The molecule has 0 aliphatic heterocycles. The predicted molar refractivity (Wildman–Crippen MR) is 112 cm³/mol. The molecule has 0 spiro atoms. The molecule has 1 amide bonds. The van der Waals surface area contributed by atoms with Crippen LogP contribution in [0.2, 0.25) is 0 Å². The summed E-state index contributed by atoms with van der Waals surface area (Å²) in [7, 11) is 0. The molecule has 0 unspecified atom stereocenters. The minimum atomic E-state index is -0.922. The van der Waals surface area contributed by atoms with Crippen LogP contribution in [0.1, 0.15) is 18.4 Å². The lowest BCUT2D eigenvalue weighted by Crippen LogP contribution is -2.14. The van der Waals surface area contributed by atoms with Gasteiger partial charge >= 0.3 is 6.09 Å². The lowest BCUT2D eigenvalue weighted by Gasteiger charge is -2.12. The van der Waals surface area contributed by atoms with Crippen LogP contribution >= 0.6 is 0 Å². The van der Waals surface area contributed by atoms with Crippen molar-refractivity contribution >= 4 is 22.7 Å². The summed E-state index contributed by atoms with van der Waals surface area (Å²) in [5.74, 6) is 0.949. The largest absolute Gasteiger partial charge is 0.463 e. The zero-order valence-corrected chi connectivity index (χ0v) is 16.7. The molecule has 31 heavy (non-hydrogen) atoms. The Hall–Kier alpha value is -3.60. The maximum Gasteiger partial charge on any atom is 0.411 e. The van der Waals surface area contributed by atoms with E-state index in [0.717, 1.165) is 41.5 Å². The summed E-state index contributed by atoms with van der Waals surface area (Å²) in [4.78, 5) is 11.6. The number of nitriles is 1. The molecule has 160 valence electrons. The van der Waals surface area contributed by atoms with Gasteiger partial charge in [-0.2, -0.15) is 5.26 Å². The van der Waals surface area contributed by atoms with Gasteiger partial charge in [0.1, 0.15) is 25.1 Å². The number of rotatable bonds is 8. The monoisotopic (exact) mass is 425 g/mol. The number of hydrogen-bond donors (Lipinski definition) is 1. The number of benzene rings is 2. The Morgan fingerprint density at radius 1 is 1.19 bits per heavy atom. The SMILES string of the molecule is N#Cc1c(-c2ccc(NC(=O)OCCF)cc2)n(CC2CC2)c2cc(OCF)ccc12. The standard InChI is InChI=1S/C23H21F2N3O3/c24-9-10-30-23(29)27-17-5-3-16(4-6-17)22-20(12-26)19-8-7-18(31-14-25)11-21(19)28(22)13-15-1-2-15/h3-8,11,15H,1-2,9-10,13-14H2,(H,27,29). The average Bonchev–Trinajstić information content (AvgIpc) is 3.55. The first-order valence-electron chi connectivity index (χ1n) is 10.00. The summed E-state index contributed by atoms with van der Waals surface area (Å²) in [5, 5.41) is 13.2. The summed E-state index contributed by atoms with van der Waals surface area (Å²) in [5.41, 5.74) is 3.43. The van der Waals surface area contributed by atoms with Gasteiger partial charge in [-0.1, -0.05) is 12.1 Å². The Morgan fingerprint density at radius 3 is 2.61 bits per heavy atom. The van der Waals surface area contributed by atoms with Crippen molar-refractivity contribution in [1.82, 2.24) is 4.57 Å². The molecule has 1 heterocycles. The summed E-state index contributed by atoms with van der Waals surface area (Å²) in [6, 6.07) is 14.5. The zero-order valence-electron chi connectivity index (χ0n) is 16.7. The van der Waals surface area contributed by atoms with Gasteiger partial charge in [-0.3, -0.25) is 5.32 Å². The van der Waals surface area contributed by atoms with Gasteiger partial charge in [-0.25, -0.2) is 13.6 Å². The third-order valence-electron chi connectivity index (χ3n) is 5.22. The highest BCUT2D eigenvalue weighted by molar-refractivity contribution is 5.95. The molecule has 1 aliphatic carbocycles. The molecule has 0 atom stereocenters. The number of nitrogens with one attached hydrogen (secondary N) is 1. The summed E-state index contributed by atoms with van der Waals surface area (Å²) < 4.78 is 36.6. The lowest BCUT2D eigenvalue weighted by atomic mass is 10.1. The fourth-order valence-electron chi connectivity index (χ4n) is 3.64. The van der Waals surface area contributed by atoms with Gasteiger partial charge in [-0.15, -0.1) is 0 Å². The minimum Gasteiger partial charge on any atom is -0.463 e. The maximum atomic E-state index is 12.7. The number of anilines is 1. The molecule has 1 fully saturated rings. The van der Waals surface area contributed by atoms with Crippen molar-refractivity contribution in [3.05, 3.63) is 48.0 Å². The first-order chi connectivity index (χ1) is 15.1. The maximum absolute atomic E-state index is 12.7. The molecule has 1 N–H and O–H groups in total. The first kappa shape index (κ1) is 20.7. The average molecular weight is 425 g/mol. The van der Waals surface area contributed by atoms with Gasteiger partial charge < -0.3 is 14.0 Å². The van der Waals surface area contributed by atoms with E-state index in [0.29, 0.717) is 22.9 Å². The smallest absolute Gasteiger partial charge is 0.411 e. The Labute approximate surface area is 178 Å². The van der Waals surface area contributed by atoms with E-state index in [1.54, 1.807) is 30.3 Å². The number of nitrogens with zero attached hydrogens (tertiary/aromatic N) is 2. The lowest BCUT2D eigenvalue weighted by molar-refractivity contribution is 0.152. The van der Waals surface area contributed by atoms with Crippen molar-refractivity contribution in [3.8, 4) is 23.1 Å². The van der Waals surface area contributed by atoms with E-state index < -0.39 is 19.6 Å². The quantitative estimate of drug-likeness (QED) is 0.523. The third-order valence-corrected chi connectivity index (χ3v) is 5.22. The Morgan fingerprint density at radius 2 is 1.97 bits per heavy atom. The fraction of sp³-hybridized carbons (Fsp3) is 0.304. The normalized spacial score (nSPS) is 13.1. The number of alkyl halides is 2. The molecule has 1 aromatic heterocycles. The Kier molecular flexibility index (Phi) is 6.03. The van der Waals surface area contributed by atoms with Crippen LogP contribution in [0.25, 0.3) is 22.2 Å². The molecule has 3 aromatic rings. The van der Waals surface area contributed by atoms with Gasteiger partial charge in [0.25, 0.3) is 0 Å². The number of carbonyl (C=O) groups is 1. The van der Waals surface area contributed by atoms with E-state index in [2.05, 4.69) is 20.7 Å². The Bertz CT molecular complexity index is 1130. The van der Waals surface area contributed by atoms with Crippen LogP contribution in [-0.4, -0.2) is 30.8 Å². The van der Waals surface area contributed by atoms with E-state index in [1.165, 1.54) is 0 Å². The van der Waals surface area contributed by atoms with Crippen molar-refractivity contribution < 1.29 is 23.0 Å². The number of carbonyl (C=O) groups excluding carboxylic acids is 1. The molecule has 0 radical (unpaired) electrons. The van der Waals surface area contributed by atoms with Gasteiger partial charge in [0.15, 0.2) is 0 Å². The number of aromatic nitrogens is 1. The Balaban J connectivity index is 1.73. The third kappa shape index (κ3) is 4.45. The highest BCUT2D eigenvalue weighted by atomic mass is 19.1. The van der Waals surface area contributed by atoms with E-state index in [1.807, 2.05) is 12.1 Å². The van der Waals surface area contributed by atoms with Crippen LogP contribution in [0.3, 0.4) is 0 Å². The molecule has 4 rings (SSSR count). The number of ether oxygens (including phenoxy) is 2. The summed E-state index contributed by atoms with van der Waals surface area (Å²) in [6.07, 6.45) is 1.53. The molecule has 2 aromatic carbocycles. The number of fused-ring (bicyclic) bond motifs is 1. The van der Waals surface area contributed by atoms with Crippen molar-refractivity contribution in [2.45, 2.75) is 19.4 Å². The number of amides is 1. The van der Waals surface area contributed by atoms with E-state index in [4.69, 9.17) is 4.74 Å². The van der Waals surface area contributed by atoms with Gasteiger partial charge in [-0.05, 0) is 48.6 Å². The molecule has 1 aliphatic rings. The zero-order chi connectivity index (χ0) is 21.8. The second-order valence-electron chi connectivity index (χ2n) is 7.35. The highest BCUT2D eigenvalue weighted by Crippen LogP contribution is 2.39. The van der Waals surface area contributed by atoms with E-state index in [-0.39, 0.29) is 6.61 Å². The van der Waals surface area contributed by atoms with Crippen LogP contribution in [0.15, 0.2) is 42.5 Å². The molecule has 0 saturated heterocycles. The highest BCUT2D eigenvalue weighted by Gasteiger charge is 2.26. The van der Waals surface area contributed by atoms with E-state index in [9.17, 15) is 18.8 Å². The van der Waals surface area contributed by atoms with Gasteiger partial charge in [0.2, 0.25) is 6.86 Å². The van der Waals surface area contributed by atoms with Crippen LogP contribution in [0, 0.1) is 17.2 Å². The topological polar surface area (TPSA) is 76.3 Å². The van der Waals surface area contributed by atoms with Crippen LogP contribution in [0.4, 0.5) is 19.3 Å². The minimum absolute atomic E-state index is 0.301. The summed E-state index contributed by atoms with van der Waals surface area (Å²) in [6.45, 7) is -1.21. The number of hydrogen-bond acceptors (Lipinski definition) is 4. The van der Waals surface area contributed by atoms with Crippen LogP contribution < -0.4 is 10.1 Å². The van der Waals surface area contributed by atoms with Crippen LogP contribution in [-0.2, 0) is 11.3 Å². The second kappa shape index (κ2) is 9.04. The summed E-state index contributed by atoms with van der Waals surface area (Å²) >= 11 is 0. The molecule has 0 bridgehead atoms. The van der Waals surface area contributed by atoms with Gasteiger partial charge in [0, 0.05) is 23.7 Å². The molecular weight excluding hydrogens is 404 g/mol. The van der Waals surface area contributed by atoms with Gasteiger partial charge in [0.05, 0.1) is 16.8 Å². The molecular formula is C23H21F2N3O3.